The van der Waals surface area contributed by atoms with Crippen LogP contribution in [0.25, 0.3) is 93.2 Å². The number of fused-ring (bicyclic) bond motifs is 9. The second kappa shape index (κ2) is 21.1. The number of anilines is 6. The van der Waals surface area contributed by atoms with Crippen molar-refractivity contribution >= 4 is 82.8 Å². The van der Waals surface area contributed by atoms with Crippen molar-refractivity contribution in [3.8, 4) is 44.5 Å². The largest absolute Gasteiger partial charge is 0.310 e. The molecule has 0 bridgehead atoms. The summed E-state index contributed by atoms with van der Waals surface area (Å²) in [6, 6.07) is 102. The number of hydrogen-bond acceptors (Lipinski definition) is 2. The zero-order valence-electron chi connectivity index (χ0n) is 51.4. The summed E-state index contributed by atoms with van der Waals surface area (Å²) >= 11 is 0. The van der Waals surface area contributed by atoms with Crippen molar-refractivity contribution < 1.29 is 0 Å². The normalized spacial score (nSPS) is 16.0. The maximum Gasteiger partial charge on any atom is 0.0468 e. The van der Waals surface area contributed by atoms with Crippen molar-refractivity contribution in [1.29, 1.82) is 0 Å². The monoisotopic (exact) mass is 1150 g/mol. The van der Waals surface area contributed by atoms with Gasteiger partial charge in [0.05, 0.1) is 0 Å². The summed E-state index contributed by atoms with van der Waals surface area (Å²) in [5, 5.41) is 9.63. The van der Waals surface area contributed by atoms with Crippen LogP contribution in [0.1, 0.15) is 63.6 Å². The topological polar surface area (TPSA) is 6.48 Å². The lowest BCUT2D eigenvalue weighted by Gasteiger charge is -2.30. The molecule has 0 aromatic heterocycles. The summed E-state index contributed by atoms with van der Waals surface area (Å²) in [6.07, 6.45) is 13.2. The Morgan fingerprint density at radius 2 is 0.833 bits per heavy atom. The number of hydrogen-bond donors (Lipinski definition) is 0. The molecule has 0 radical (unpaired) electrons. The number of nitrogens with zero attached hydrogens (tertiary/aromatic N) is 2. The Bertz CT molecular complexity index is 5180. The molecular formula is C88H68N2. The van der Waals surface area contributed by atoms with Crippen LogP contribution in [0.15, 0.2) is 314 Å². The zero-order chi connectivity index (χ0) is 60.2. The van der Waals surface area contributed by atoms with Crippen molar-refractivity contribution in [2.24, 2.45) is 11.3 Å². The van der Waals surface area contributed by atoms with Crippen LogP contribution in [0.4, 0.5) is 34.1 Å². The molecule has 2 nitrogen and oxygen atoms in total. The SMILES string of the molecule is CC1(C)C2=CC(c3ccc(N(c4ccccc4)c4ccc5c(-c6cccc7ccccc67)c6cc(N(c7ccccc7)c7ccc(-c8ccc9c(c8)C(C)(C)c8ccccc8-9)cc7)ccc6c(-c6cccc7ccccc67)c5c4)cc3)=CCC2C2=C1CCC=C2. The first kappa shape index (κ1) is 53.7. The fraction of sp³-hybridized carbons (Fsp3) is 0.114. The maximum atomic E-state index is 2.52. The van der Waals surface area contributed by atoms with E-state index in [1.165, 1.54) is 116 Å². The molecule has 1 atom stereocenters. The van der Waals surface area contributed by atoms with Crippen molar-refractivity contribution in [3.63, 3.8) is 0 Å². The third-order valence-electron chi connectivity index (χ3n) is 20.6. The molecule has 0 N–H and O–H groups in total. The van der Waals surface area contributed by atoms with E-state index in [1.54, 1.807) is 16.7 Å². The number of para-hydroxylation sites is 2. The molecular weight excluding hydrogens is 1080 g/mol. The standard InChI is InChI=1S/C88H68N2/c1-87(2)81-35-17-15-31-71(81)73-49-41-61(53-83(73)87)57-37-43-65(44-38-57)89(63-25-7-5-8-26-63)67-47-51-77-79(55-67)85(75-33-19-23-59-21-11-13-29-69(59)75)78-52-48-68(56-80(78)86(77)76-34-20-24-60-22-12-14-30-70(60)76)90(64-27-9-6-10-28-64)66-45-39-58(40-46-66)62-42-50-74-72-32-16-18-36-82(72)88(3,4)84(74)54-62/h5-17,19-35,37-49,51-56,74H,18,36,50H2,1-4H3. The average Bonchev–Trinajstić information content (AvgIpc) is 0.824. The van der Waals surface area contributed by atoms with Crippen LogP contribution in [0.3, 0.4) is 0 Å². The Hall–Kier alpha value is -10.5. The van der Waals surface area contributed by atoms with Gasteiger partial charge in [-0.3, -0.25) is 0 Å². The van der Waals surface area contributed by atoms with Gasteiger partial charge in [0, 0.05) is 50.9 Å². The molecule has 0 amide bonds. The third kappa shape index (κ3) is 8.60. The van der Waals surface area contributed by atoms with E-state index in [2.05, 4.69) is 335 Å². The first-order valence-corrected chi connectivity index (χ1v) is 32.1. The lowest BCUT2D eigenvalue weighted by Crippen LogP contribution is -2.17. The molecule has 0 heterocycles. The third-order valence-corrected chi connectivity index (χ3v) is 20.6. The maximum absolute atomic E-state index is 2.52. The van der Waals surface area contributed by atoms with Gasteiger partial charge in [-0.15, -0.1) is 0 Å². The molecule has 2 heteroatoms. The molecule has 0 fully saturated rings. The van der Waals surface area contributed by atoms with Gasteiger partial charge < -0.3 is 9.80 Å². The van der Waals surface area contributed by atoms with Gasteiger partial charge in [0.1, 0.15) is 0 Å². The van der Waals surface area contributed by atoms with Crippen LogP contribution in [0, 0.1) is 11.3 Å². The minimum atomic E-state index is -0.0803. The second-order valence-electron chi connectivity index (χ2n) is 26.2. The van der Waals surface area contributed by atoms with Gasteiger partial charge in [0.25, 0.3) is 0 Å². The van der Waals surface area contributed by atoms with Gasteiger partial charge in [-0.25, -0.2) is 0 Å². The molecule has 0 spiro atoms. The Kier molecular flexibility index (Phi) is 12.6. The highest BCUT2D eigenvalue weighted by atomic mass is 15.1. The Morgan fingerprint density at radius 3 is 1.43 bits per heavy atom. The minimum absolute atomic E-state index is 0.0723. The number of allylic oxidation sites excluding steroid dienone is 8. The average molecular weight is 1150 g/mol. The van der Waals surface area contributed by atoms with Crippen LogP contribution >= 0.6 is 0 Å². The summed E-state index contributed by atoms with van der Waals surface area (Å²) in [4.78, 5) is 4.88. The first-order valence-electron chi connectivity index (χ1n) is 32.1. The van der Waals surface area contributed by atoms with Gasteiger partial charge in [0.15, 0.2) is 0 Å². The van der Waals surface area contributed by atoms with Crippen LogP contribution in [0.5, 0.6) is 0 Å². The molecule has 17 rings (SSSR count). The first-order chi connectivity index (χ1) is 44.2. The van der Waals surface area contributed by atoms with Crippen molar-refractivity contribution in [2.45, 2.75) is 52.4 Å². The highest BCUT2D eigenvalue weighted by molar-refractivity contribution is 6.26. The number of benzene rings is 13. The van der Waals surface area contributed by atoms with E-state index < -0.39 is 0 Å². The van der Waals surface area contributed by atoms with Crippen LogP contribution in [0.2, 0.25) is 0 Å². The van der Waals surface area contributed by atoms with Gasteiger partial charge in [-0.1, -0.05) is 257 Å². The van der Waals surface area contributed by atoms with E-state index in [0.717, 1.165) is 47.0 Å². The van der Waals surface area contributed by atoms with Crippen molar-refractivity contribution in [3.05, 3.63) is 331 Å². The minimum Gasteiger partial charge on any atom is -0.310 e. The van der Waals surface area contributed by atoms with Crippen molar-refractivity contribution in [1.82, 2.24) is 0 Å². The molecule has 13 aromatic rings. The summed E-state index contributed by atoms with van der Waals surface area (Å²) in [5.41, 5.74) is 26.6. The molecule has 90 heavy (non-hydrogen) atoms. The Morgan fingerprint density at radius 1 is 0.356 bits per heavy atom. The van der Waals surface area contributed by atoms with Crippen LogP contribution in [-0.4, -0.2) is 0 Å². The van der Waals surface area contributed by atoms with E-state index >= 15 is 0 Å². The zero-order valence-corrected chi connectivity index (χ0v) is 51.4. The lowest BCUT2D eigenvalue weighted by molar-refractivity contribution is 0.506. The quantitative estimate of drug-likeness (QED) is 0.126. The predicted octanol–water partition coefficient (Wildman–Crippen LogP) is 24.6. The summed E-state index contributed by atoms with van der Waals surface area (Å²) in [7, 11) is 0. The molecule has 0 saturated carbocycles. The van der Waals surface area contributed by atoms with Crippen LogP contribution < -0.4 is 9.80 Å². The highest BCUT2D eigenvalue weighted by Crippen LogP contribution is 2.58. The van der Waals surface area contributed by atoms with Gasteiger partial charge in [0.2, 0.25) is 0 Å². The molecule has 1 unspecified atom stereocenters. The molecule has 0 aliphatic heterocycles. The van der Waals surface area contributed by atoms with Gasteiger partial charge >= 0.3 is 0 Å². The van der Waals surface area contributed by atoms with Gasteiger partial charge in [-0.2, -0.15) is 0 Å². The fourth-order valence-electron chi connectivity index (χ4n) is 16.2. The van der Waals surface area contributed by atoms with E-state index in [0.29, 0.717) is 5.92 Å². The van der Waals surface area contributed by atoms with E-state index in [-0.39, 0.29) is 10.8 Å². The summed E-state index contributed by atoms with van der Waals surface area (Å²) < 4.78 is 0. The lowest BCUT2D eigenvalue weighted by atomic mass is 9.75. The van der Waals surface area contributed by atoms with Gasteiger partial charge in [-0.05, 0) is 214 Å². The van der Waals surface area contributed by atoms with E-state index in [1.807, 2.05) is 0 Å². The summed E-state index contributed by atoms with van der Waals surface area (Å²) in [5.74, 6) is 0.484. The second-order valence-corrected chi connectivity index (χ2v) is 26.2. The predicted molar refractivity (Wildman–Crippen MR) is 383 cm³/mol. The highest BCUT2D eigenvalue weighted by Gasteiger charge is 2.43. The van der Waals surface area contributed by atoms with Crippen molar-refractivity contribution in [2.75, 3.05) is 9.80 Å². The van der Waals surface area contributed by atoms with Crippen LogP contribution in [-0.2, 0) is 5.41 Å². The molecule has 4 aliphatic rings. The number of rotatable bonds is 10. The smallest absolute Gasteiger partial charge is 0.0468 e. The van der Waals surface area contributed by atoms with E-state index in [4.69, 9.17) is 0 Å². The molecule has 13 aromatic carbocycles. The molecule has 4 aliphatic carbocycles. The van der Waals surface area contributed by atoms with E-state index in [9.17, 15) is 0 Å². The Labute approximate surface area is 528 Å². The Balaban J connectivity index is 0.851. The molecule has 430 valence electrons. The fourth-order valence-corrected chi connectivity index (χ4v) is 16.2. The molecule has 0 saturated heterocycles. The summed E-state index contributed by atoms with van der Waals surface area (Å²) in [6.45, 7) is 9.63.